The molecule has 0 atom stereocenters. The number of carbonyl (C=O) groups is 1. The molecule has 0 spiro atoms. The molecule has 34 heavy (non-hydrogen) atoms. The molecule has 12 heteroatoms. The number of H-pyrrole nitrogens is 1. The van der Waals surface area contributed by atoms with Crippen LogP contribution in [0.4, 0.5) is 4.39 Å². The number of rotatable bonds is 6. The van der Waals surface area contributed by atoms with Gasteiger partial charge in [0.15, 0.2) is 5.82 Å². The van der Waals surface area contributed by atoms with Crippen molar-refractivity contribution in [1.82, 2.24) is 34.4 Å². The molecule has 2 N–H and O–H groups in total. The maximum Gasteiger partial charge on any atom is 0.333 e. The van der Waals surface area contributed by atoms with Crippen molar-refractivity contribution >= 4 is 5.91 Å². The molecule has 0 aliphatic heterocycles. The van der Waals surface area contributed by atoms with Gasteiger partial charge in [-0.05, 0) is 38.1 Å². The molecule has 3 aromatic heterocycles. The number of aromatic amines is 1. The van der Waals surface area contributed by atoms with Gasteiger partial charge in [-0.1, -0.05) is 12.1 Å². The van der Waals surface area contributed by atoms with Gasteiger partial charge in [0.25, 0.3) is 17.0 Å². The van der Waals surface area contributed by atoms with Crippen LogP contribution < -0.4 is 22.1 Å². The highest BCUT2D eigenvalue weighted by atomic mass is 19.1. The summed E-state index contributed by atoms with van der Waals surface area (Å²) in [4.78, 5) is 51.9. The molecule has 4 aromatic rings. The number of nitrogens with one attached hydrogen (secondary N) is 2. The standard InChI is InChI=1S/C22H20FN7O4/c1-13-11-14(2)30(26-13)18-7-8-19(31)28(27-18)10-9-24-20(32)15-12-25-22(34)29(21(15)33)17-6-4-3-5-16(17)23/h3-8,11-12H,9-10H2,1-2H3,(H,24,32)(H,25,34). The number of halogens is 1. The smallest absolute Gasteiger partial charge is 0.333 e. The summed E-state index contributed by atoms with van der Waals surface area (Å²) in [6.07, 6.45) is 0.964. The maximum absolute atomic E-state index is 14.1. The van der Waals surface area contributed by atoms with Crippen molar-refractivity contribution in [2.75, 3.05) is 6.54 Å². The molecular weight excluding hydrogens is 445 g/mol. The van der Waals surface area contributed by atoms with E-state index in [1.807, 2.05) is 19.9 Å². The molecule has 0 fully saturated rings. The van der Waals surface area contributed by atoms with Gasteiger partial charge < -0.3 is 10.3 Å². The van der Waals surface area contributed by atoms with Gasteiger partial charge in [0, 0.05) is 24.5 Å². The second kappa shape index (κ2) is 9.10. The van der Waals surface area contributed by atoms with E-state index in [1.165, 1.54) is 24.3 Å². The van der Waals surface area contributed by atoms with Gasteiger partial charge in [-0.3, -0.25) is 14.4 Å². The molecule has 3 heterocycles. The van der Waals surface area contributed by atoms with E-state index in [1.54, 1.807) is 10.7 Å². The predicted octanol–water partition coefficient (Wildman–Crippen LogP) is 0.454. The van der Waals surface area contributed by atoms with Crippen LogP contribution in [0, 0.1) is 19.7 Å². The van der Waals surface area contributed by atoms with Crippen molar-refractivity contribution in [3.05, 3.63) is 103 Å². The fourth-order valence-electron chi connectivity index (χ4n) is 3.43. The van der Waals surface area contributed by atoms with E-state index in [2.05, 4.69) is 20.5 Å². The third kappa shape index (κ3) is 4.33. The summed E-state index contributed by atoms with van der Waals surface area (Å²) in [6, 6.07) is 9.98. The van der Waals surface area contributed by atoms with Crippen molar-refractivity contribution in [3.8, 4) is 11.5 Å². The number of nitrogens with zero attached hydrogens (tertiary/aromatic N) is 5. The van der Waals surface area contributed by atoms with E-state index in [4.69, 9.17) is 0 Å². The van der Waals surface area contributed by atoms with Gasteiger partial charge in [0.1, 0.15) is 11.4 Å². The summed E-state index contributed by atoms with van der Waals surface area (Å²) in [5.41, 5.74) is -1.28. The molecule has 0 saturated carbocycles. The van der Waals surface area contributed by atoms with Crippen LogP contribution in [0.2, 0.25) is 0 Å². The first kappa shape index (κ1) is 22.6. The largest absolute Gasteiger partial charge is 0.350 e. The molecule has 1 amide bonds. The van der Waals surface area contributed by atoms with Crippen LogP contribution in [-0.4, -0.2) is 41.6 Å². The minimum atomic E-state index is -0.979. The Balaban J connectivity index is 1.53. The molecule has 0 aliphatic rings. The number of hydrogen-bond donors (Lipinski definition) is 2. The van der Waals surface area contributed by atoms with Crippen LogP contribution in [-0.2, 0) is 6.54 Å². The fourth-order valence-corrected chi connectivity index (χ4v) is 3.43. The van der Waals surface area contributed by atoms with Gasteiger partial charge in [-0.25, -0.2) is 23.1 Å². The Bertz CT molecular complexity index is 1560. The Kier molecular flexibility index (Phi) is 6.04. The van der Waals surface area contributed by atoms with E-state index in [-0.39, 0.29) is 29.9 Å². The van der Waals surface area contributed by atoms with E-state index in [0.717, 1.165) is 28.3 Å². The number of hydrogen-bond acceptors (Lipinski definition) is 6. The molecule has 0 aliphatic carbocycles. The number of aromatic nitrogens is 6. The van der Waals surface area contributed by atoms with Crippen LogP contribution in [0.25, 0.3) is 11.5 Å². The van der Waals surface area contributed by atoms with Crippen LogP contribution in [0.1, 0.15) is 21.7 Å². The lowest BCUT2D eigenvalue weighted by Crippen LogP contribution is -2.41. The zero-order chi connectivity index (χ0) is 24.4. The van der Waals surface area contributed by atoms with Gasteiger partial charge in [0.2, 0.25) is 0 Å². The van der Waals surface area contributed by atoms with Crippen LogP contribution in [0.5, 0.6) is 0 Å². The number of carbonyl (C=O) groups excluding carboxylic acids is 1. The zero-order valence-electron chi connectivity index (χ0n) is 18.3. The molecule has 0 radical (unpaired) electrons. The van der Waals surface area contributed by atoms with Crippen LogP contribution in [0.15, 0.2) is 63.0 Å². The summed E-state index contributed by atoms with van der Waals surface area (Å²) >= 11 is 0. The molecule has 0 saturated heterocycles. The third-order valence-electron chi connectivity index (χ3n) is 5.00. The lowest BCUT2D eigenvalue weighted by Gasteiger charge is -2.10. The normalized spacial score (nSPS) is 10.9. The first-order valence-electron chi connectivity index (χ1n) is 10.3. The average Bonchev–Trinajstić information content (AvgIpc) is 3.14. The van der Waals surface area contributed by atoms with Crippen molar-refractivity contribution in [1.29, 1.82) is 0 Å². The van der Waals surface area contributed by atoms with E-state index >= 15 is 0 Å². The minimum Gasteiger partial charge on any atom is -0.350 e. The number of aryl methyl sites for hydroxylation is 2. The highest BCUT2D eigenvalue weighted by Gasteiger charge is 2.17. The highest BCUT2D eigenvalue weighted by Crippen LogP contribution is 2.09. The predicted molar refractivity (Wildman–Crippen MR) is 120 cm³/mol. The Morgan fingerprint density at radius 2 is 1.85 bits per heavy atom. The minimum absolute atomic E-state index is 0.0164. The van der Waals surface area contributed by atoms with E-state index in [9.17, 15) is 23.6 Å². The van der Waals surface area contributed by atoms with E-state index in [0.29, 0.717) is 10.4 Å². The number of para-hydroxylation sites is 1. The fraction of sp³-hybridized carbons (Fsp3) is 0.182. The quantitative estimate of drug-likeness (QED) is 0.424. The topological polar surface area (TPSA) is 137 Å². The molecule has 11 nitrogen and oxygen atoms in total. The van der Waals surface area contributed by atoms with Crippen molar-refractivity contribution in [2.24, 2.45) is 0 Å². The zero-order valence-corrected chi connectivity index (χ0v) is 18.3. The lowest BCUT2D eigenvalue weighted by molar-refractivity contribution is 0.0949. The van der Waals surface area contributed by atoms with E-state index < -0.39 is 23.0 Å². The molecule has 1 aromatic carbocycles. The average molecular weight is 465 g/mol. The van der Waals surface area contributed by atoms with Crippen LogP contribution in [0.3, 0.4) is 0 Å². The SMILES string of the molecule is Cc1cc(C)n(-c2ccc(=O)n(CCNC(=O)c3c[nH]c(=O)n(-c4ccccc4F)c3=O)n2)n1. The molecular formula is C22H20FN7O4. The van der Waals surface area contributed by atoms with Crippen molar-refractivity contribution in [3.63, 3.8) is 0 Å². The molecule has 174 valence electrons. The van der Waals surface area contributed by atoms with Gasteiger partial charge in [-0.15, -0.1) is 5.10 Å². The Morgan fingerprint density at radius 3 is 2.56 bits per heavy atom. The lowest BCUT2D eigenvalue weighted by atomic mass is 10.2. The second-order valence-electron chi connectivity index (χ2n) is 7.45. The van der Waals surface area contributed by atoms with Crippen molar-refractivity contribution < 1.29 is 9.18 Å². The summed E-state index contributed by atoms with van der Waals surface area (Å²) in [5, 5.41) is 11.1. The highest BCUT2D eigenvalue weighted by molar-refractivity contribution is 5.93. The molecule has 0 bridgehead atoms. The second-order valence-corrected chi connectivity index (χ2v) is 7.45. The first-order valence-corrected chi connectivity index (χ1v) is 10.3. The van der Waals surface area contributed by atoms with Gasteiger partial charge in [-0.2, -0.15) is 5.10 Å². The summed E-state index contributed by atoms with van der Waals surface area (Å²) in [6.45, 7) is 3.68. The maximum atomic E-state index is 14.1. The third-order valence-corrected chi connectivity index (χ3v) is 5.00. The summed E-state index contributed by atoms with van der Waals surface area (Å²) in [7, 11) is 0. The Labute approximate surface area is 191 Å². The monoisotopic (exact) mass is 465 g/mol. The van der Waals surface area contributed by atoms with Crippen LogP contribution >= 0.6 is 0 Å². The summed E-state index contributed by atoms with van der Waals surface area (Å²) in [5.74, 6) is -1.15. The van der Waals surface area contributed by atoms with Gasteiger partial charge >= 0.3 is 5.69 Å². The van der Waals surface area contributed by atoms with Crippen molar-refractivity contribution in [2.45, 2.75) is 20.4 Å². The number of benzene rings is 1. The Hall–Kier alpha value is -4.61. The molecule has 4 rings (SSSR count). The van der Waals surface area contributed by atoms with Gasteiger partial charge in [0.05, 0.1) is 17.9 Å². The first-order chi connectivity index (χ1) is 16.3. The molecule has 0 unspecified atom stereocenters. The number of amides is 1. The summed E-state index contributed by atoms with van der Waals surface area (Å²) < 4.78 is 17.4. The Morgan fingerprint density at radius 1 is 1.09 bits per heavy atom.